The van der Waals surface area contributed by atoms with Gasteiger partial charge >= 0.3 is 24.7 Å². The van der Waals surface area contributed by atoms with Crippen LogP contribution in [0.15, 0.2) is 59.7 Å². The molecule has 0 saturated heterocycles. The summed E-state index contributed by atoms with van der Waals surface area (Å²) >= 11 is 0. The van der Waals surface area contributed by atoms with Gasteiger partial charge in [-0.3, -0.25) is 4.98 Å². The van der Waals surface area contributed by atoms with Crippen molar-refractivity contribution in [3.05, 3.63) is 82.2 Å². The van der Waals surface area contributed by atoms with E-state index in [2.05, 4.69) is 15.6 Å². The number of anilines is 1. The van der Waals surface area contributed by atoms with Crippen LogP contribution in [0.4, 0.5) is 58.4 Å². The number of hydrogen-bond acceptors (Lipinski definition) is 3. The van der Waals surface area contributed by atoms with Gasteiger partial charge in [0, 0.05) is 23.8 Å². The number of aromatic nitrogens is 1. The van der Waals surface area contributed by atoms with E-state index in [0.717, 1.165) is 0 Å². The van der Waals surface area contributed by atoms with Gasteiger partial charge in [0.15, 0.2) is 0 Å². The molecule has 0 bridgehead atoms. The lowest BCUT2D eigenvalue weighted by Gasteiger charge is -2.25. The highest BCUT2D eigenvalue weighted by atomic mass is 19.4. The fourth-order valence-electron chi connectivity index (χ4n) is 3.52. The van der Waals surface area contributed by atoms with Crippen molar-refractivity contribution in [3.8, 4) is 0 Å². The molecule has 208 valence electrons. The van der Waals surface area contributed by atoms with Gasteiger partial charge in [0.25, 0.3) is 0 Å². The van der Waals surface area contributed by atoms with Gasteiger partial charge in [-0.2, -0.15) is 52.7 Å². The molecule has 38 heavy (non-hydrogen) atoms. The number of hydrogen-bond donors (Lipinski definition) is 2. The predicted octanol–water partition coefficient (Wildman–Crippen LogP) is 7.57. The molecule has 2 aromatic rings. The van der Waals surface area contributed by atoms with Gasteiger partial charge in [-0.05, 0) is 42.8 Å². The van der Waals surface area contributed by atoms with Gasteiger partial charge in [0.1, 0.15) is 0 Å². The molecule has 1 heterocycles. The van der Waals surface area contributed by atoms with Crippen LogP contribution >= 0.6 is 0 Å². The summed E-state index contributed by atoms with van der Waals surface area (Å²) in [7, 11) is 0. The maximum absolute atomic E-state index is 13.1. The molecule has 1 aromatic heterocycles. The molecule has 0 aliphatic heterocycles. The molecule has 0 fully saturated rings. The van der Waals surface area contributed by atoms with Crippen molar-refractivity contribution < 1.29 is 52.7 Å². The van der Waals surface area contributed by atoms with Gasteiger partial charge < -0.3 is 10.6 Å². The number of nitrogens with one attached hydrogen (secondary N) is 2. The van der Waals surface area contributed by atoms with Crippen molar-refractivity contribution >= 4 is 5.69 Å². The van der Waals surface area contributed by atoms with Crippen LogP contribution in [0.1, 0.15) is 28.9 Å². The largest absolute Gasteiger partial charge is 0.416 e. The average molecular weight is 563 g/mol. The predicted molar refractivity (Wildman–Crippen MR) is 112 cm³/mol. The van der Waals surface area contributed by atoms with Gasteiger partial charge in [-0.15, -0.1) is 0 Å². The molecule has 0 radical (unpaired) electrons. The summed E-state index contributed by atoms with van der Waals surface area (Å²) in [5.74, 6) is 0. The van der Waals surface area contributed by atoms with E-state index < -0.39 is 65.1 Å². The molecule has 1 atom stereocenters. The Labute approximate surface area is 207 Å². The van der Waals surface area contributed by atoms with Crippen LogP contribution < -0.4 is 10.6 Å². The molecule has 0 spiro atoms. The van der Waals surface area contributed by atoms with Crippen molar-refractivity contribution in [1.82, 2.24) is 10.3 Å². The van der Waals surface area contributed by atoms with Crippen molar-refractivity contribution in [3.63, 3.8) is 0 Å². The maximum Gasteiger partial charge on any atom is 0.416 e. The van der Waals surface area contributed by atoms with E-state index in [0.29, 0.717) is 18.2 Å². The van der Waals surface area contributed by atoms with E-state index in [9.17, 15) is 52.7 Å². The number of nitrogens with zero attached hydrogens (tertiary/aromatic N) is 1. The monoisotopic (exact) mass is 563 g/mol. The Balaban J connectivity index is 1.72. The fraction of sp³-hybridized carbons (Fsp3) is 0.348. The molecule has 0 saturated carbocycles. The van der Waals surface area contributed by atoms with Crippen LogP contribution in [0, 0.1) is 0 Å². The van der Waals surface area contributed by atoms with Gasteiger partial charge in [0.2, 0.25) is 0 Å². The average Bonchev–Trinajstić information content (AvgIpc) is 2.79. The zero-order valence-corrected chi connectivity index (χ0v) is 18.8. The van der Waals surface area contributed by atoms with Crippen LogP contribution in [0.5, 0.6) is 0 Å². The van der Waals surface area contributed by atoms with Crippen LogP contribution in [0.2, 0.25) is 0 Å². The molecule has 3 nitrogen and oxygen atoms in total. The van der Waals surface area contributed by atoms with E-state index in [4.69, 9.17) is 0 Å². The van der Waals surface area contributed by atoms with Gasteiger partial charge in [-0.25, -0.2) is 0 Å². The van der Waals surface area contributed by atoms with Crippen LogP contribution in [-0.2, 0) is 25.4 Å². The Morgan fingerprint density at radius 2 is 1.26 bits per heavy atom. The Hall–Kier alpha value is -3.23. The van der Waals surface area contributed by atoms with Gasteiger partial charge in [0.05, 0.1) is 34.6 Å². The first-order valence-corrected chi connectivity index (χ1v) is 10.6. The second-order valence-corrected chi connectivity index (χ2v) is 8.25. The topological polar surface area (TPSA) is 37.0 Å². The van der Waals surface area contributed by atoms with Crippen molar-refractivity contribution in [2.45, 2.75) is 50.3 Å². The SMILES string of the molecule is FC(F)(F)C1=CC(NCc2cccc(CNc3cc(C(F)(F)F)cc(C(F)(F)F)c3)n2)CC(C(F)(F)F)=C1. The van der Waals surface area contributed by atoms with E-state index >= 15 is 0 Å². The van der Waals surface area contributed by atoms with E-state index in [-0.39, 0.29) is 36.6 Å². The summed E-state index contributed by atoms with van der Waals surface area (Å²) in [6, 6.07) is 3.79. The second kappa shape index (κ2) is 10.5. The Morgan fingerprint density at radius 3 is 1.76 bits per heavy atom. The zero-order chi connectivity index (χ0) is 28.5. The number of allylic oxidation sites excluding steroid dienone is 2. The van der Waals surface area contributed by atoms with E-state index in [1.165, 1.54) is 18.2 Å². The second-order valence-electron chi connectivity index (χ2n) is 8.25. The van der Waals surface area contributed by atoms with Crippen molar-refractivity contribution in [1.29, 1.82) is 0 Å². The number of halogens is 12. The summed E-state index contributed by atoms with van der Waals surface area (Å²) < 4.78 is 156. The molecule has 0 amide bonds. The standard InChI is InChI=1S/C23H17F12N3/c24-20(25,26)12-4-13(21(27,28)29)7-18(6-12)36-10-16-2-1-3-17(38-16)11-37-19-8-14(22(30,31)32)5-15(9-19)23(33,34)35/h1-8,19,36-37H,9-11H2. The minimum absolute atomic E-state index is 0.0288. The molecule has 3 rings (SSSR count). The smallest absolute Gasteiger partial charge is 0.379 e. The van der Waals surface area contributed by atoms with Crippen molar-refractivity contribution in [2.24, 2.45) is 0 Å². The Bertz CT molecular complexity index is 1170. The van der Waals surface area contributed by atoms with Gasteiger partial charge in [-0.1, -0.05) is 12.1 Å². The van der Waals surface area contributed by atoms with E-state index in [1.807, 2.05) is 0 Å². The van der Waals surface area contributed by atoms with E-state index in [1.54, 1.807) is 0 Å². The lowest BCUT2D eigenvalue weighted by atomic mass is 9.94. The van der Waals surface area contributed by atoms with Crippen LogP contribution in [0.25, 0.3) is 0 Å². The van der Waals surface area contributed by atoms with Crippen molar-refractivity contribution in [2.75, 3.05) is 5.32 Å². The lowest BCUT2D eigenvalue weighted by molar-refractivity contribution is -0.143. The minimum atomic E-state index is -5.04. The molecule has 1 unspecified atom stereocenters. The summed E-state index contributed by atoms with van der Waals surface area (Å²) in [5, 5.41) is 4.95. The first-order chi connectivity index (χ1) is 17.3. The fourth-order valence-corrected chi connectivity index (χ4v) is 3.52. The third-order valence-electron chi connectivity index (χ3n) is 5.31. The summed E-state index contributed by atoms with van der Waals surface area (Å²) in [5.41, 5.74) is -6.06. The molecular weight excluding hydrogens is 546 g/mol. The lowest BCUT2D eigenvalue weighted by Crippen LogP contribution is -2.34. The molecule has 2 N–H and O–H groups in total. The Kier molecular flexibility index (Phi) is 8.10. The van der Waals surface area contributed by atoms with Crippen LogP contribution in [0.3, 0.4) is 0 Å². The molecular formula is C23H17F12N3. The Morgan fingerprint density at radius 1 is 0.711 bits per heavy atom. The minimum Gasteiger partial charge on any atom is -0.379 e. The van der Waals surface area contributed by atoms with Crippen LogP contribution in [-0.4, -0.2) is 23.4 Å². The molecule has 1 aliphatic carbocycles. The highest BCUT2D eigenvalue weighted by Crippen LogP contribution is 2.39. The molecule has 1 aliphatic rings. The highest BCUT2D eigenvalue weighted by molar-refractivity contribution is 5.50. The number of alkyl halides is 12. The quantitative estimate of drug-likeness (QED) is 0.356. The summed E-state index contributed by atoms with van der Waals surface area (Å²) in [4.78, 5) is 4.10. The normalized spacial score (nSPS) is 17.2. The third-order valence-corrected chi connectivity index (χ3v) is 5.31. The zero-order valence-electron chi connectivity index (χ0n) is 18.8. The summed E-state index contributed by atoms with van der Waals surface area (Å²) in [6.07, 6.45) is -20.2. The number of rotatable bonds is 6. The summed E-state index contributed by atoms with van der Waals surface area (Å²) in [6.45, 7) is -0.595. The maximum atomic E-state index is 13.1. The number of benzene rings is 1. The first-order valence-electron chi connectivity index (χ1n) is 10.6. The molecule has 1 aromatic carbocycles. The number of pyridine rings is 1. The first kappa shape index (κ1) is 29.3. The molecule has 15 heteroatoms. The third kappa shape index (κ3) is 7.88. The highest BCUT2D eigenvalue weighted by Gasteiger charge is 2.42.